The molecule has 0 amide bonds. The second-order valence-electron chi connectivity index (χ2n) is 3.06. The van der Waals surface area contributed by atoms with Gasteiger partial charge in [0.25, 0.3) is 0 Å². The third kappa shape index (κ3) is 7.60. The molecule has 0 rings (SSSR count). The number of aliphatic hydroxyl groups is 1. The third-order valence-electron chi connectivity index (χ3n) is 1.51. The Hall–Kier alpha value is -0.300. The summed E-state index contributed by atoms with van der Waals surface area (Å²) >= 11 is 0. The predicted octanol–water partition coefficient (Wildman–Crippen LogP) is 2.75. The molecule has 0 aromatic carbocycles. The molecule has 1 unspecified atom stereocenters. The van der Waals surface area contributed by atoms with Crippen LogP contribution in [-0.2, 0) is 0 Å². The second kappa shape index (κ2) is 6.41. The van der Waals surface area contributed by atoms with Crippen molar-refractivity contribution in [3.8, 4) is 0 Å². The molecule has 0 aliphatic rings. The summed E-state index contributed by atoms with van der Waals surface area (Å²) in [6.45, 7) is 4.08. The Morgan fingerprint density at radius 2 is 2.27 bits per heavy atom. The molecule has 2 atom stereocenters. The molecule has 1 nitrogen and oxygen atoms in total. The Morgan fingerprint density at radius 3 is 2.73 bits per heavy atom. The van der Waals surface area contributed by atoms with Crippen molar-refractivity contribution in [2.45, 2.75) is 40.0 Å². The Balaban J connectivity index is 4.08. The van der Waals surface area contributed by atoms with Crippen molar-refractivity contribution in [3.05, 3.63) is 11.6 Å². The average Bonchev–Trinajstić information content (AvgIpc) is 2.02. The summed E-state index contributed by atoms with van der Waals surface area (Å²) in [5.74, 6) is -0.300. The molecule has 0 aromatic heterocycles. The van der Waals surface area contributed by atoms with Crippen molar-refractivity contribution >= 4 is 0 Å². The van der Waals surface area contributed by atoms with E-state index < -0.39 is 13.0 Å². The molecule has 0 aliphatic heterocycles. The van der Waals surface area contributed by atoms with Gasteiger partial charge in [-0.1, -0.05) is 18.6 Å². The Labute approximate surface area is 74.3 Å². The molecule has 0 spiro atoms. The van der Waals surface area contributed by atoms with Gasteiger partial charge in [0.1, 0.15) is 0 Å². The molecule has 11 heavy (non-hydrogen) atoms. The molecule has 0 saturated carbocycles. The summed E-state index contributed by atoms with van der Waals surface area (Å²) in [4.78, 5) is 0. The van der Waals surface area contributed by atoms with Crippen LogP contribution in [0, 0.1) is 5.92 Å². The van der Waals surface area contributed by atoms with Crippen LogP contribution in [-0.4, -0.2) is 11.7 Å². The Bertz CT molecular complexity index is 196. The highest BCUT2D eigenvalue weighted by Crippen LogP contribution is 2.10. The largest absolute Gasteiger partial charge is 0.396 e. The van der Waals surface area contributed by atoms with Gasteiger partial charge in [0.2, 0.25) is 0 Å². The van der Waals surface area contributed by atoms with Gasteiger partial charge in [0.05, 0.1) is 1.37 Å². The van der Waals surface area contributed by atoms with Crippen LogP contribution in [0.4, 0.5) is 0 Å². The van der Waals surface area contributed by atoms with Gasteiger partial charge in [-0.2, -0.15) is 0 Å². The molecule has 0 fully saturated rings. The summed E-state index contributed by atoms with van der Waals surface area (Å²) in [5, 5.41) is 8.94. The number of rotatable bonds is 5. The van der Waals surface area contributed by atoms with Crippen LogP contribution in [0.15, 0.2) is 11.6 Å². The van der Waals surface area contributed by atoms with E-state index in [1.165, 1.54) is 5.57 Å². The smallest absolute Gasteiger partial charge is 0.0564 e. The lowest BCUT2D eigenvalue weighted by atomic mass is 10.0. The standard InChI is InChI=1S/C10H20O/c1-9(2)5-4-6-10(3)7-8-11/h5,10-11H,4,6-8H2,1-3H3/t10-/m1/s1/i7D2,8D/t8?,10-. The fraction of sp³-hybridized carbons (Fsp3) is 0.800. The van der Waals surface area contributed by atoms with Crippen molar-refractivity contribution in [2.24, 2.45) is 5.92 Å². The van der Waals surface area contributed by atoms with E-state index in [4.69, 9.17) is 9.22 Å². The minimum Gasteiger partial charge on any atom is -0.396 e. The first kappa shape index (κ1) is 6.24. The lowest BCUT2D eigenvalue weighted by Crippen LogP contribution is -1.96. The molecule has 0 heterocycles. The Kier molecular flexibility index (Phi) is 3.64. The third-order valence-corrected chi connectivity index (χ3v) is 1.51. The predicted molar refractivity (Wildman–Crippen MR) is 49.5 cm³/mol. The van der Waals surface area contributed by atoms with Crippen LogP contribution in [0.3, 0.4) is 0 Å². The lowest BCUT2D eigenvalue weighted by molar-refractivity contribution is 0.259. The number of aliphatic hydroxyl groups excluding tert-OH is 1. The minimum atomic E-state index is -1.81. The number of hydrogen-bond donors (Lipinski definition) is 1. The normalized spacial score (nSPS) is 20.9. The molecule has 0 radical (unpaired) electrons. The van der Waals surface area contributed by atoms with Gasteiger partial charge >= 0.3 is 0 Å². The van der Waals surface area contributed by atoms with E-state index in [1.54, 1.807) is 6.92 Å². The van der Waals surface area contributed by atoms with Gasteiger partial charge in [0, 0.05) is 9.32 Å². The molecule has 0 aliphatic carbocycles. The minimum absolute atomic E-state index is 0.300. The molecule has 0 saturated heterocycles. The van der Waals surface area contributed by atoms with Gasteiger partial charge in [-0.25, -0.2) is 0 Å². The SMILES string of the molecule is [2H]C(O)C([2H])([2H])[C@H](C)CCC=C(C)C. The van der Waals surface area contributed by atoms with E-state index in [2.05, 4.69) is 0 Å². The van der Waals surface area contributed by atoms with Crippen molar-refractivity contribution < 1.29 is 9.22 Å². The molecule has 0 bridgehead atoms. The highest BCUT2D eigenvalue weighted by Gasteiger charge is 1.98. The van der Waals surface area contributed by atoms with E-state index in [-0.39, 0.29) is 5.92 Å². The van der Waals surface area contributed by atoms with E-state index in [0.29, 0.717) is 6.42 Å². The van der Waals surface area contributed by atoms with Gasteiger partial charge in [0.15, 0.2) is 0 Å². The van der Waals surface area contributed by atoms with E-state index >= 15 is 0 Å². The zero-order valence-corrected chi connectivity index (χ0v) is 7.59. The van der Waals surface area contributed by atoms with Gasteiger partial charge in [-0.05, 0) is 39.0 Å². The first-order valence-corrected chi connectivity index (χ1v) is 4.02. The second-order valence-corrected chi connectivity index (χ2v) is 3.06. The molecule has 1 N–H and O–H groups in total. The van der Waals surface area contributed by atoms with Crippen molar-refractivity contribution in [1.82, 2.24) is 0 Å². The maximum atomic E-state index is 8.94. The van der Waals surface area contributed by atoms with Gasteiger partial charge in [-0.3, -0.25) is 0 Å². The summed E-state index contributed by atoms with van der Waals surface area (Å²) in [6.07, 6.45) is 1.70. The molecule has 66 valence electrons. The fourth-order valence-corrected chi connectivity index (χ4v) is 0.833. The summed E-state index contributed by atoms with van der Waals surface area (Å²) in [6, 6.07) is 0. The van der Waals surface area contributed by atoms with Gasteiger partial charge in [-0.15, -0.1) is 0 Å². The highest BCUT2D eigenvalue weighted by molar-refractivity contribution is 4.92. The van der Waals surface area contributed by atoms with E-state index in [9.17, 15) is 0 Å². The first-order chi connectivity index (χ1) is 6.28. The van der Waals surface area contributed by atoms with Crippen LogP contribution in [0.1, 0.15) is 44.1 Å². The maximum absolute atomic E-state index is 8.94. The summed E-state index contributed by atoms with van der Waals surface area (Å²) < 4.78 is 22.0. The maximum Gasteiger partial charge on any atom is 0.0564 e. The Morgan fingerprint density at radius 1 is 1.64 bits per heavy atom. The monoisotopic (exact) mass is 159 g/mol. The van der Waals surface area contributed by atoms with Crippen LogP contribution in [0.2, 0.25) is 0 Å². The van der Waals surface area contributed by atoms with Crippen LogP contribution < -0.4 is 0 Å². The number of allylic oxidation sites excluding steroid dienone is 2. The van der Waals surface area contributed by atoms with Gasteiger partial charge < -0.3 is 5.11 Å². The quantitative estimate of drug-likeness (QED) is 0.611. The van der Waals surface area contributed by atoms with Crippen LogP contribution in [0.5, 0.6) is 0 Å². The molecular weight excluding hydrogens is 136 g/mol. The zero-order valence-electron chi connectivity index (χ0n) is 10.6. The van der Waals surface area contributed by atoms with Crippen molar-refractivity contribution in [2.75, 3.05) is 6.58 Å². The summed E-state index contributed by atoms with van der Waals surface area (Å²) in [7, 11) is 0. The van der Waals surface area contributed by atoms with Crippen molar-refractivity contribution in [1.29, 1.82) is 0 Å². The fourth-order valence-electron chi connectivity index (χ4n) is 0.833. The number of hydrogen-bond acceptors (Lipinski definition) is 1. The van der Waals surface area contributed by atoms with Crippen LogP contribution >= 0.6 is 0 Å². The van der Waals surface area contributed by atoms with Crippen LogP contribution in [0.25, 0.3) is 0 Å². The first-order valence-electron chi connectivity index (χ1n) is 5.60. The highest BCUT2D eigenvalue weighted by atomic mass is 16.2. The topological polar surface area (TPSA) is 20.2 Å². The zero-order chi connectivity index (χ0) is 11.4. The average molecular weight is 159 g/mol. The lowest BCUT2D eigenvalue weighted by Gasteiger charge is -2.06. The molecular formula is C10H20O. The molecule has 0 aromatic rings. The van der Waals surface area contributed by atoms with Crippen molar-refractivity contribution in [3.63, 3.8) is 0 Å². The van der Waals surface area contributed by atoms with E-state index in [1.807, 2.05) is 19.9 Å². The molecule has 1 heteroatoms. The summed E-state index contributed by atoms with van der Waals surface area (Å²) in [5.41, 5.74) is 1.21. The van der Waals surface area contributed by atoms with E-state index in [0.717, 1.165) is 6.42 Å².